The minimum atomic E-state index is -0.924. The summed E-state index contributed by atoms with van der Waals surface area (Å²) in [7, 11) is 0. The summed E-state index contributed by atoms with van der Waals surface area (Å²) >= 11 is 3.37. The van der Waals surface area contributed by atoms with Gasteiger partial charge in [-0.25, -0.2) is 14.1 Å². The van der Waals surface area contributed by atoms with E-state index in [1.807, 2.05) is 0 Å². The summed E-state index contributed by atoms with van der Waals surface area (Å²) in [6.07, 6.45) is 1.29. The molecule has 0 atom stereocenters. The van der Waals surface area contributed by atoms with Gasteiger partial charge in [0, 0.05) is 5.69 Å². The van der Waals surface area contributed by atoms with Gasteiger partial charge in [0.2, 0.25) is 0 Å². The minimum absolute atomic E-state index is 0.0565. The molecule has 5 amide bonds. The number of anilines is 2. The second kappa shape index (κ2) is 11.8. The zero-order valence-corrected chi connectivity index (χ0v) is 22.0. The van der Waals surface area contributed by atoms with Crippen LogP contribution in [0.5, 0.6) is 17.2 Å². The van der Waals surface area contributed by atoms with Crippen LogP contribution in [0.2, 0.25) is 0 Å². The van der Waals surface area contributed by atoms with Gasteiger partial charge in [-0.05, 0) is 95.2 Å². The lowest BCUT2D eigenvalue weighted by molar-refractivity contribution is -0.122. The Balaban J connectivity index is 1.57. The molecule has 3 N–H and O–H groups in total. The van der Waals surface area contributed by atoms with Crippen LogP contribution in [0.1, 0.15) is 12.5 Å². The Morgan fingerprint density at radius 3 is 2.44 bits per heavy atom. The number of imide groups is 2. The lowest BCUT2D eigenvalue weighted by Gasteiger charge is -2.26. The van der Waals surface area contributed by atoms with Crippen LogP contribution >= 0.6 is 15.9 Å². The molecule has 12 heteroatoms. The summed E-state index contributed by atoms with van der Waals surface area (Å²) in [6, 6.07) is 12.7. The van der Waals surface area contributed by atoms with Crippen LogP contribution in [0.15, 0.2) is 70.7 Å². The number of amides is 5. The molecular formula is C27H21BrFN3O7. The standard InChI is InChI=1S/C27H21BrFN3O7/c1-2-38-22-13-15(12-21(28)24(22)39-14-23(34)30-17-5-3-16(29)4-6-17)11-20-25(35)31-27(37)32(26(20)36)18-7-9-19(33)10-8-18/h3-13,33H,2,14H2,1H3,(H,30,34)(H,31,35,37)/b20-11-. The van der Waals surface area contributed by atoms with Gasteiger partial charge in [-0.2, -0.15) is 0 Å². The van der Waals surface area contributed by atoms with Crippen molar-refractivity contribution in [1.82, 2.24) is 5.32 Å². The third kappa shape index (κ3) is 6.41. The van der Waals surface area contributed by atoms with Gasteiger partial charge < -0.3 is 19.9 Å². The van der Waals surface area contributed by atoms with E-state index in [9.17, 15) is 28.7 Å². The van der Waals surface area contributed by atoms with Crippen molar-refractivity contribution >= 4 is 57.1 Å². The zero-order valence-electron chi connectivity index (χ0n) is 20.4. The van der Waals surface area contributed by atoms with Crippen LogP contribution in [0.4, 0.5) is 20.6 Å². The lowest BCUT2D eigenvalue weighted by atomic mass is 10.1. The number of rotatable bonds is 8. The number of hydrogen-bond donors (Lipinski definition) is 3. The molecule has 1 fully saturated rings. The second-order valence-corrected chi connectivity index (χ2v) is 8.94. The van der Waals surface area contributed by atoms with Crippen molar-refractivity contribution in [2.24, 2.45) is 0 Å². The van der Waals surface area contributed by atoms with Gasteiger partial charge in [-0.1, -0.05) is 0 Å². The third-order valence-corrected chi connectivity index (χ3v) is 5.92. The third-order valence-electron chi connectivity index (χ3n) is 5.33. The SMILES string of the molecule is CCOc1cc(/C=C2/C(=O)NC(=O)N(c3ccc(O)cc3)C2=O)cc(Br)c1OCC(=O)Nc1ccc(F)cc1. The maximum absolute atomic E-state index is 13.1. The van der Waals surface area contributed by atoms with Crippen molar-refractivity contribution in [3.63, 3.8) is 0 Å². The molecule has 10 nitrogen and oxygen atoms in total. The summed E-state index contributed by atoms with van der Waals surface area (Å²) in [5, 5.41) is 14.2. The van der Waals surface area contributed by atoms with Crippen LogP contribution in [-0.2, 0) is 14.4 Å². The fourth-order valence-corrected chi connectivity index (χ4v) is 4.18. The molecule has 1 aliphatic heterocycles. The highest BCUT2D eigenvalue weighted by molar-refractivity contribution is 9.10. The van der Waals surface area contributed by atoms with Crippen molar-refractivity contribution < 1.29 is 38.1 Å². The predicted molar refractivity (Wildman–Crippen MR) is 143 cm³/mol. The number of nitrogens with zero attached hydrogens (tertiary/aromatic N) is 1. The van der Waals surface area contributed by atoms with Crippen LogP contribution in [-0.4, -0.2) is 42.1 Å². The Labute approximate surface area is 230 Å². The van der Waals surface area contributed by atoms with Gasteiger partial charge in [0.05, 0.1) is 16.8 Å². The Hall–Kier alpha value is -4.71. The summed E-state index contributed by atoms with van der Waals surface area (Å²) < 4.78 is 24.8. The quantitative estimate of drug-likeness (QED) is 0.259. The molecule has 200 valence electrons. The first-order valence-corrected chi connectivity index (χ1v) is 12.3. The van der Waals surface area contributed by atoms with Gasteiger partial charge in [-0.3, -0.25) is 19.7 Å². The monoisotopic (exact) mass is 597 g/mol. The summed E-state index contributed by atoms with van der Waals surface area (Å²) in [6.45, 7) is 1.59. The highest BCUT2D eigenvalue weighted by Gasteiger charge is 2.37. The number of phenolic OH excluding ortho intramolecular Hbond substituents is 1. The number of ether oxygens (including phenoxy) is 2. The van der Waals surface area contributed by atoms with Gasteiger partial charge in [0.1, 0.15) is 17.1 Å². The van der Waals surface area contributed by atoms with Crippen LogP contribution < -0.4 is 25.0 Å². The van der Waals surface area contributed by atoms with Crippen LogP contribution in [0.25, 0.3) is 6.08 Å². The van der Waals surface area contributed by atoms with E-state index in [4.69, 9.17) is 9.47 Å². The Morgan fingerprint density at radius 2 is 1.77 bits per heavy atom. The molecule has 0 unspecified atom stereocenters. The molecule has 1 aliphatic rings. The predicted octanol–water partition coefficient (Wildman–Crippen LogP) is 4.38. The van der Waals surface area contributed by atoms with Crippen LogP contribution in [0, 0.1) is 5.82 Å². The van der Waals surface area contributed by atoms with Crippen molar-refractivity contribution in [2.45, 2.75) is 6.92 Å². The van der Waals surface area contributed by atoms with Crippen molar-refractivity contribution in [1.29, 1.82) is 0 Å². The zero-order chi connectivity index (χ0) is 28.1. The number of benzene rings is 3. The fourth-order valence-electron chi connectivity index (χ4n) is 3.60. The molecule has 1 heterocycles. The van der Waals surface area contributed by atoms with E-state index in [1.54, 1.807) is 13.0 Å². The van der Waals surface area contributed by atoms with E-state index in [1.165, 1.54) is 60.7 Å². The number of carbonyl (C=O) groups excluding carboxylic acids is 4. The topological polar surface area (TPSA) is 134 Å². The minimum Gasteiger partial charge on any atom is -0.508 e. The molecule has 39 heavy (non-hydrogen) atoms. The number of nitrogens with one attached hydrogen (secondary N) is 2. The average Bonchev–Trinajstić information content (AvgIpc) is 2.88. The van der Waals surface area contributed by atoms with E-state index >= 15 is 0 Å². The van der Waals surface area contributed by atoms with E-state index in [2.05, 4.69) is 26.6 Å². The average molecular weight is 598 g/mol. The molecule has 1 saturated heterocycles. The molecule has 0 aliphatic carbocycles. The smallest absolute Gasteiger partial charge is 0.335 e. The molecule has 0 spiro atoms. The van der Waals surface area contributed by atoms with Crippen molar-refractivity contribution in [2.75, 3.05) is 23.4 Å². The molecule has 4 rings (SSSR count). The molecule has 3 aromatic carbocycles. The second-order valence-electron chi connectivity index (χ2n) is 8.08. The van der Waals surface area contributed by atoms with E-state index in [0.29, 0.717) is 15.7 Å². The first-order chi connectivity index (χ1) is 18.7. The maximum Gasteiger partial charge on any atom is 0.335 e. The van der Waals surface area contributed by atoms with E-state index in [0.717, 1.165) is 4.90 Å². The largest absolute Gasteiger partial charge is 0.508 e. The highest BCUT2D eigenvalue weighted by atomic mass is 79.9. The first kappa shape index (κ1) is 27.3. The molecule has 0 bridgehead atoms. The fraction of sp³-hybridized carbons (Fsp3) is 0.111. The van der Waals surface area contributed by atoms with E-state index < -0.39 is 29.6 Å². The number of aromatic hydroxyl groups is 1. The Kier molecular flexibility index (Phi) is 8.25. The summed E-state index contributed by atoms with van der Waals surface area (Å²) in [4.78, 5) is 51.2. The van der Waals surface area contributed by atoms with Gasteiger partial charge in [0.25, 0.3) is 17.7 Å². The lowest BCUT2D eigenvalue weighted by Crippen LogP contribution is -2.54. The number of barbiturate groups is 1. The highest BCUT2D eigenvalue weighted by Crippen LogP contribution is 2.38. The number of halogens is 2. The molecular weight excluding hydrogens is 577 g/mol. The molecule has 0 radical (unpaired) electrons. The van der Waals surface area contributed by atoms with Gasteiger partial charge in [-0.15, -0.1) is 0 Å². The van der Waals surface area contributed by atoms with Gasteiger partial charge in [0.15, 0.2) is 18.1 Å². The summed E-state index contributed by atoms with van der Waals surface area (Å²) in [5.41, 5.74) is 0.607. The normalized spacial score (nSPS) is 14.3. The number of carbonyl (C=O) groups is 4. The van der Waals surface area contributed by atoms with Gasteiger partial charge >= 0.3 is 6.03 Å². The number of phenols is 1. The molecule has 0 saturated carbocycles. The van der Waals surface area contributed by atoms with Crippen LogP contribution in [0.3, 0.4) is 0 Å². The number of urea groups is 1. The maximum atomic E-state index is 13.1. The van der Waals surface area contributed by atoms with Crippen molar-refractivity contribution in [3.8, 4) is 17.2 Å². The summed E-state index contributed by atoms with van der Waals surface area (Å²) in [5.74, 6) is -2.30. The molecule has 3 aromatic rings. The Bertz CT molecular complexity index is 1470. The Morgan fingerprint density at radius 1 is 1.08 bits per heavy atom. The molecule has 0 aromatic heterocycles. The van der Waals surface area contributed by atoms with E-state index in [-0.39, 0.29) is 41.7 Å². The van der Waals surface area contributed by atoms with Crippen molar-refractivity contribution in [3.05, 3.63) is 82.1 Å². The number of hydrogen-bond acceptors (Lipinski definition) is 7. The first-order valence-electron chi connectivity index (χ1n) is 11.5.